The Bertz CT molecular complexity index is 46.0. The van der Waals surface area contributed by atoms with Crippen molar-refractivity contribution in [1.29, 1.82) is 0 Å². The minimum absolute atomic E-state index is 0.654. The maximum Gasteiger partial charge on any atom is -0.0443 e. The van der Waals surface area contributed by atoms with Crippen molar-refractivity contribution in [3.8, 4) is 0 Å². The van der Waals surface area contributed by atoms with Gasteiger partial charge in [0.1, 0.15) is 0 Å². The standard InChI is InChI=1S/C9H19/c1-4-5-6-7-8-9(2)3/h9H,2,4-8H2,1,3H3/t9-/m0/s1. The molecule has 0 saturated carbocycles. The van der Waals surface area contributed by atoms with Crippen LogP contribution in [0.3, 0.4) is 0 Å². The third-order valence-corrected chi connectivity index (χ3v) is 1.55. The number of unbranched alkanes of at least 4 members (excludes halogenated alkanes) is 3. The van der Waals surface area contributed by atoms with Gasteiger partial charge in [0.15, 0.2) is 0 Å². The second-order valence-electron chi connectivity index (χ2n) is 2.95. The van der Waals surface area contributed by atoms with E-state index in [2.05, 4.69) is 20.8 Å². The molecular formula is C9H19. The van der Waals surface area contributed by atoms with E-state index in [1.54, 1.807) is 0 Å². The average molecular weight is 127 g/mol. The second-order valence-corrected chi connectivity index (χ2v) is 2.95. The van der Waals surface area contributed by atoms with Gasteiger partial charge < -0.3 is 0 Å². The topological polar surface area (TPSA) is 0 Å². The highest BCUT2D eigenvalue weighted by Crippen LogP contribution is 2.08. The van der Waals surface area contributed by atoms with Gasteiger partial charge in [-0.05, 0) is 5.92 Å². The van der Waals surface area contributed by atoms with Gasteiger partial charge >= 0.3 is 0 Å². The zero-order chi connectivity index (χ0) is 7.11. The Balaban J connectivity index is 2.75. The summed E-state index contributed by atoms with van der Waals surface area (Å²) >= 11 is 0. The van der Waals surface area contributed by atoms with Crippen molar-refractivity contribution < 1.29 is 0 Å². The van der Waals surface area contributed by atoms with Gasteiger partial charge in [0.05, 0.1) is 0 Å². The second kappa shape index (κ2) is 6.12. The highest BCUT2D eigenvalue weighted by molar-refractivity contribution is 4.53. The first-order chi connectivity index (χ1) is 4.27. The number of hydrogen-bond donors (Lipinski definition) is 0. The molecule has 0 aliphatic carbocycles. The van der Waals surface area contributed by atoms with Crippen LogP contribution in [0.2, 0.25) is 0 Å². The first kappa shape index (κ1) is 9.00. The van der Waals surface area contributed by atoms with Gasteiger partial charge in [0.25, 0.3) is 0 Å². The Labute approximate surface area is 59.7 Å². The van der Waals surface area contributed by atoms with E-state index in [1.807, 2.05) is 0 Å². The van der Waals surface area contributed by atoms with Crippen molar-refractivity contribution in [1.82, 2.24) is 0 Å². The summed E-state index contributed by atoms with van der Waals surface area (Å²) in [6.45, 7) is 8.37. The molecule has 0 aliphatic rings. The summed E-state index contributed by atoms with van der Waals surface area (Å²) in [7, 11) is 0. The maximum absolute atomic E-state index is 3.94. The molecule has 0 N–H and O–H groups in total. The van der Waals surface area contributed by atoms with E-state index >= 15 is 0 Å². The Hall–Kier alpha value is 0. The molecule has 1 radical (unpaired) electrons. The molecule has 1 atom stereocenters. The molecule has 0 heteroatoms. The van der Waals surface area contributed by atoms with Crippen LogP contribution in [0.25, 0.3) is 0 Å². The normalized spacial score (nSPS) is 10.7. The third-order valence-electron chi connectivity index (χ3n) is 1.55. The van der Waals surface area contributed by atoms with Crippen LogP contribution >= 0.6 is 0 Å². The van der Waals surface area contributed by atoms with E-state index in [0.717, 1.165) is 0 Å². The van der Waals surface area contributed by atoms with Gasteiger partial charge in [-0.25, -0.2) is 0 Å². The van der Waals surface area contributed by atoms with Crippen LogP contribution in [0, 0.1) is 12.8 Å². The summed E-state index contributed by atoms with van der Waals surface area (Å²) in [5, 5.41) is 0. The first-order valence-electron chi connectivity index (χ1n) is 4.10. The van der Waals surface area contributed by atoms with Crippen molar-refractivity contribution in [2.24, 2.45) is 5.92 Å². The predicted octanol–water partition coefficient (Wildman–Crippen LogP) is 3.43. The fourth-order valence-corrected chi connectivity index (χ4v) is 0.920. The van der Waals surface area contributed by atoms with Gasteiger partial charge in [-0.1, -0.05) is 52.9 Å². The molecule has 0 aliphatic heterocycles. The van der Waals surface area contributed by atoms with Crippen molar-refractivity contribution >= 4 is 0 Å². The van der Waals surface area contributed by atoms with Crippen LogP contribution in [-0.4, -0.2) is 0 Å². The Kier molecular flexibility index (Phi) is 6.12. The van der Waals surface area contributed by atoms with Gasteiger partial charge in [0.2, 0.25) is 0 Å². The molecule has 0 aromatic heterocycles. The summed E-state index contributed by atoms with van der Waals surface area (Å²) in [5.74, 6) is 0.654. The van der Waals surface area contributed by atoms with Crippen LogP contribution in [0.1, 0.15) is 46.0 Å². The molecule has 0 unspecified atom stereocenters. The zero-order valence-electron chi connectivity index (χ0n) is 6.82. The fraction of sp³-hybridized carbons (Fsp3) is 0.889. The molecule has 0 aromatic carbocycles. The lowest BCUT2D eigenvalue weighted by molar-refractivity contribution is 0.559. The molecule has 0 nitrogen and oxygen atoms in total. The van der Waals surface area contributed by atoms with Crippen LogP contribution in [-0.2, 0) is 0 Å². The number of rotatable bonds is 5. The smallest absolute Gasteiger partial charge is 0.0443 e. The Morgan fingerprint density at radius 1 is 1.22 bits per heavy atom. The quantitative estimate of drug-likeness (QED) is 0.496. The molecule has 0 rings (SSSR count). The van der Waals surface area contributed by atoms with E-state index in [9.17, 15) is 0 Å². The van der Waals surface area contributed by atoms with Gasteiger partial charge in [-0.2, -0.15) is 0 Å². The molecule has 0 amide bonds. The molecule has 0 spiro atoms. The Morgan fingerprint density at radius 3 is 2.33 bits per heavy atom. The van der Waals surface area contributed by atoms with Gasteiger partial charge in [-0.15, -0.1) is 0 Å². The lowest BCUT2D eigenvalue weighted by Gasteiger charge is -2.01. The van der Waals surface area contributed by atoms with Gasteiger partial charge in [-0.3, -0.25) is 0 Å². The highest BCUT2D eigenvalue weighted by Gasteiger charge is 1.92. The largest absolute Gasteiger partial charge is 0.0654 e. The van der Waals surface area contributed by atoms with E-state index < -0.39 is 0 Å². The van der Waals surface area contributed by atoms with Crippen molar-refractivity contribution in [3.63, 3.8) is 0 Å². The molecule has 9 heavy (non-hydrogen) atoms. The molecule has 0 bridgehead atoms. The number of hydrogen-bond acceptors (Lipinski definition) is 0. The molecule has 0 heterocycles. The maximum atomic E-state index is 3.94. The SMILES string of the molecule is [CH2][C@@H](C)CCCCCC. The van der Waals surface area contributed by atoms with Crippen molar-refractivity contribution in [2.75, 3.05) is 0 Å². The average Bonchev–Trinajstić information content (AvgIpc) is 1.80. The third kappa shape index (κ3) is 8.00. The minimum Gasteiger partial charge on any atom is -0.0654 e. The zero-order valence-corrected chi connectivity index (χ0v) is 6.82. The van der Waals surface area contributed by atoms with Crippen LogP contribution in [0.5, 0.6) is 0 Å². The lowest BCUT2D eigenvalue weighted by atomic mass is 10.1. The first-order valence-corrected chi connectivity index (χ1v) is 4.10. The predicted molar refractivity (Wildman–Crippen MR) is 43.3 cm³/mol. The molecule has 0 aromatic rings. The van der Waals surface area contributed by atoms with Crippen LogP contribution in [0.4, 0.5) is 0 Å². The Morgan fingerprint density at radius 2 is 1.89 bits per heavy atom. The summed E-state index contributed by atoms with van der Waals surface area (Å²) in [6.07, 6.45) is 6.81. The summed E-state index contributed by atoms with van der Waals surface area (Å²) < 4.78 is 0. The highest BCUT2D eigenvalue weighted by atomic mass is 14.0. The summed E-state index contributed by atoms with van der Waals surface area (Å²) in [6, 6.07) is 0. The summed E-state index contributed by atoms with van der Waals surface area (Å²) in [4.78, 5) is 0. The van der Waals surface area contributed by atoms with Gasteiger partial charge in [0, 0.05) is 0 Å². The van der Waals surface area contributed by atoms with Crippen molar-refractivity contribution in [2.45, 2.75) is 46.0 Å². The van der Waals surface area contributed by atoms with Crippen LogP contribution < -0.4 is 0 Å². The molecule has 55 valence electrons. The molecule has 0 saturated heterocycles. The molecular weight excluding hydrogens is 108 g/mol. The lowest BCUT2D eigenvalue weighted by Crippen LogP contribution is -1.86. The van der Waals surface area contributed by atoms with Crippen LogP contribution in [0.15, 0.2) is 0 Å². The van der Waals surface area contributed by atoms with E-state index in [-0.39, 0.29) is 0 Å². The van der Waals surface area contributed by atoms with Crippen molar-refractivity contribution in [3.05, 3.63) is 6.92 Å². The fourth-order valence-electron chi connectivity index (χ4n) is 0.920. The molecule has 0 fully saturated rings. The van der Waals surface area contributed by atoms with E-state index in [4.69, 9.17) is 0 Å². The summed E-state index contributed by atoms with van der Waals surface area (Å²) in [5.41, 5.74) is 0. The minimum atomic E-state index is 0.654. The van der Waals surface area contributed by atoms with E-state index in [0.29, 0.717) is 5.92 Å². The van der Waals surface area contributed by atoms with E-state index in [1.165, 1.54) is 32.1 Å². The monoisotopic (exact) mass is 127 g/mol.